The molecule has 23 heavy (non-hydrogen) atoms. The maximum Gasteiger partial charge on any atom is 0.265 e. The van der Waals surface area contributed by atoms with E-state index in [-0.39, 0.29) is 5.69 Å². The molecule has 3 N–H and O–H groups in total. The van der Waals surface area contributed by atoms with Gasteiger partial charge in [0.1, 0.15) is 11.6 Å². The maximum atomic E-state index is 13.6. The Bertz CT molecular complexity index is 684. The molecule has 0 fully saturated rings. The van der Waals surface area contributed by atoms with E-state index >= 15 is 0 Å². The van der Waals surface area contributed by atoms with Gasteiger partial charge in [-0.25, -0.2) is 4.39 Å². The third-order valence-electron chi connectivity index (χ3n) is 3.48. The number of anilines is 2. The van der Waals surface area contributed by atoms with Crippen molar-refractivity contribution < 1.29 is 13.9 Å². The third-order valence-corrected chi connectivity index (χ3v) is 3.48. The van der Waals surface area contributed by atoms with Gasteiger partial charge in [-0.2, -0.15) is 0 Å². The molecule has 0 saturated heterocycles. The molecule has 1 atom stereocenters. The third kappa shape index (κ3) is 4.45. The van der Waals surface area contributed by atoms with Crippen LogP contribution in [0.5, 0.6) is 5.75 Å². The predicted octanol–water partition coefficient (Wildman–Crippen LogP) is 3.94. The van der Waals surface area contributed by atoms with Crippen LogP contribution in [0, 0.1) is 5.82 Å². The molecule has 0 saturated carbocycles. The van der Waals surface area contributed by atoms with Gasteiger partial charge in [-0.15, -0.1) is 0 Å². The van der Waals surface area contributed by atoms with Crippen LogP contribution in [0.15, 0.2) is 42.5 Å². The van der Waals surface area contributed by atoms with E-state index in [1.165, 1.54) is 23.8 Å². The first-order chi connectivity index (χ1) is 10.9. The van der Waals surface area contributed by atoms with Crippen molar-refractivity contribution in [3.05, 3.63) is 53.8 Å². The molecule has 4 nitrogen and oxygen atoms in total. The fraction of sp³-hybridized carbons (Fsp3) is 0.278. The van der Waals surface area contributed by atoms with Gasteiger partial charge >= 0.3 is 0 Å². The van der Waals surface area contributed by atoms with Crippen molar-refractivity contribution in [1.82, 2.24) is 0 Å². The van der Waals surface area contributed by atoms with Crippen LogP contribution in [-0.4, -0.2) is 12.0 Å². The quantitative estimate of drug-likeness (QED) is 0.821. The largest absolute Gasteiger partial charge is 0.481 e. The molecule has 0 aliphatic rings. The highest BCUT2D eigenvalue weighted by molar-refractivity contribution is 5.94. The second kappa shape index (κ2) is 7.13. The summed E-state index contributed by atoms with van der Waals surface area (Å²) in [4.78, 5) is 12.1. The van der Waals surface area contributed by atoms with Crippen molar-refractivity contribution in [3.63, 3.8) is 0 Å². The summed E-state index contributed by atoms with van der Waals surface area (Å²) >= 11 is 0. The van der Waals surface area contributed by atoms with Gasteiger partial charge in [-0.3, -0.25) is 4.79 Å². The van der Waals surface area contributed by atoms with E-state index in [1.54, 1.807) is 6.92 Å². The number of nitrogens with one attached hydrogen (secondary N) is 1. The Kier molecular flexibility index (Phi) is 5.21. The summed E-state index contributed by atoms with van der Waals surface area (Å²) in [6.45, 7) is 5.81. The minimum Gasteiger partial charge on any atom is -0.481 e. The predicted molar refractivity (Wildman–Crippen MR) is 90.1 cm³/mol. The highest BCUT2D eigenvalue weighted by atomic mass is 19.1. The number of nitrogen functional groups attached to an aromatic ring is 1. The molecule has 1 amide bonds. The van der Waals surface area contributed by atoms with Crippen molar-refractivity contribution in [2.45, 2.75) is 32.8 Å². The van der Waals surface area contributed by atoms with Crippen LogP contribution < -0.4 is 15.8 Å². The van der Waals surface area contributed by atoms with Crippen LogP contribution in [0.3, 0.4) is 0 Å². The fourth-order valence-electron chi connectivity index (χ4n) is 2.06. The SMILES string of the molecule is CC(C)c1ccc(O[C@@H](C)C(=O)Nc2cc(N)ccc2F)cc1. The first kappa shape index (κ1) is 16.8. The van der Waals surface area contributed by atoms with E-state index in [2.05, 4.69) is 19.2 Å². The first-order valence-corrected chi connectivity index (χ1v) is 7.49. The lowest BCUT2D eigenvalue weighted by Crippen LogP contribution is -2.30. The van der Waals surface area contributed by atoms with Crippen molar-refractivity contribution in [3.8, 4) is 5.75 Å². The summed E-state index contributed by atoms with van der Waals surface area (Å²) in [5.41, 5.74) is 7.20. The number of rotatable bonds is 5. The maximum absolute atomic E-state index is 13.6. The summed E-state index contributed by atoms with van der Waals surface area (Å²) in [5.74, 6) is 0.0323. The Morgan fingerprint density at radius 3 is 2.39 bits per heavy atom. The first-order valence-electron chi connectivity index (χ1n) is 7.49. The second-order valence-corrected chi connectivity index (χ2v) is 5.71. The van der Waals surface area contributed by atoms with Gasteiger partial charge in [0.25, 0.3) is 5.91 Å². The van der Waals surface area contributed by atoms with Crippen molar-refractivity contribution in [2.75, 3.05) is 11.1 Å². The average molecular weight is 316 g/mol. The highest BCUT2D eigenvalue weighted by Crippen LogP contribution is 2.21. The second-order valence-electron chi connectivity index (χ2n) is 5.71. The molecule has 0 heterocycles. The lowest BCUT2D eigenvalue weighted by Gasteiger charge is -2.16. The standard InChI is InChI=1S/C18H21FN2O2/c1-11(2)13-4-7-15(8-5-13)23-12(3)18(22)21-17-10-14(20)6-9-16(17)19/h4-12H,20H2,1-3H3,(H,21,22)/t12-/m0/s1. The Morgan fingerprint density at radius 1 is 1.13 bits per heavy atom. The average Bonchev–Trinajstić information content (AvgIpc) is 2.51. The van der Waals surface area contributed by atoms with Crippen molar-refractivity contribution >= 4 is 17.3 Å². The normalized spacial score (nSPS) is 12.0. The number of amides is 1. The monoisotopic (exact) mass is 316 g/mol. The number of benzene rings is 2. The summed E-state index contributed by atoms with van der Waals surface area (Å²) in [7, 11) is 0. The number of carbonyl (C=O) groups is 1. The van der Waals surface area contributed by atoms with Gasteiger partial charge < -0.3 is 15.8 Å². The number of nitrogens with two attached hydrogens (primary N) is 1. The van der Waals surface area contributed by atoms with Gasteiger partial charge in [0.15, 0.2) is 6.10 Å². The molecule has 0 radical (unpaired) electrons. The molecule has 2 aromatic rings. The summed E-state index contributed by atoms with van der Waals surface area (Å²) in [5, 5.41) is 2.48. The number of hydrogen-bond donors (Lipinski definition) is 2. The molecule has 2 aromatic carbocycles. The van der Waals surface area contributed by atoms with Crippen LogP contribution in [0.25, 0.3) is 0 Å². The Morgan fingerprint density at radius 2 is 1.78 bits per heavy atom. The van der Waals surface area contributed by atoms with E-state index in [9.17, 15) is 9.18 Å². The number of hydrogen-bond acceptors (Lipinski definition) is 3. The van der Waals surface area contributed by atoms with E-state index in [4.69, 9.17) is 10.5 Å². The van der Waals surface area contributed by atoms with E-state index < -0.39 is 17.8 Å². The van der Waals surface area contributed by atoms with Crippen molar-refractivity contribution in [2.24, 2.45) is 0 Å². The van der Waals surface area contributed by atoms with E-state index in [0.29, 0.717) is 17.4 Å². The smallest absolute Gasteiger partial charge is 0.265 e. The molecule has 122 valence electrons. The lowest BCUT2D eigenvalue weighted by molar-refractivity contribution is -0.122. The molecule has 0 aliphatic carbocycles. The zero-order chi connectivity index (χ0) is 17.0. The molecule has 0 aliphatic heterocycles. The van der Waals surface area contributed by atoms with E-state index in [1.807, 2.05) is 24.3 Å². The molecule has 2 rings (SSSR count). The van der Waals surface area contributed by atoms with E-state index in [0.717, 1.165) is 0 Å². The summed E-state index contributed by atoms with van der Waals surface area (Å²) in [6.07, 6.45) is -0.763. The molecule has 0 bridgehead atoms. The minimum absolute atomic E-state index is 0.0422. The molecule has 5 heteroatoms. The molecular formula is C18H21FN2O2. The van der Waals surface area contributed by atoms with Crippen molar-refractivity contribution in [1.29, 1.82) is 0 Å². The topological polar surface area (TPSA) is 64.3 Å². The Hall–Kier alpha value is -2.56. The minimum atomic E-state index is -0.763. The van der Waals surface area contributed by atoms with Crippen LogP contribution in [0.4, 0.5) is 15.8 Å². The number of ether oxygens (including phenoxy) is 1. The zero-order valence-corrected chi connectivity index (χ0v) is 13.5. The fourth-order valence-corrected chi connectivity index (χ4v) is 2.06. The Labute approximate surface area is 135 Å². The molecule has 0 spiro atoms. The summed E-state index contributed by atoms with van der Waals surface area (Å²) in [6, 6.07) is 11.6. The summed E-state index contributed by atoms with van der Waals surface area (Å²) < 4.78 is 19.2. The van der Waals surface area contributed by atoms with Crippen LogP contribution in [0.2, 0.25) is 0 Å². The van der Waals surface area contributed by atoms with Gasteiger partial charge in [-0.1, -0.05) is 26.0 Å². The van der Waals surface area contributed by atoms with Gasteiger partial charge in [0, 0.05) is 5.69 Å². The van der Waals surface area contributed by atoms with Gasteiger partial charge in [0.2, 0.25) is 0 Å². The lowest BCUT2D eigenvalue weighted by atomic mass is 10.0. The van der Waals surface area contributed by atoms with Crippen LogP contribution in [0.1, 0.15) is 32.3 Å². The molecule has 0 unspecified atom stereocenters. The number of halogens is 1. The number of carbonyl (C=O) groups excluding carboxylic acids is 1. The molecule has 0 aromatic heterocycles. The van der Waals surface area contributed by atoms with Gasteiger partial charge in [0.05, 0.1) is 5.69 Å². The van der Waals surface area contributed by atoms with Gasteiger partial charge in [-0.05, 0) is 48.7 Å². The molecular weight excluding hydrogens is 295 g/mol. The Balaban J connectivity index is 2.01. The highest BCUT2D eigenvalue weighted by Gasteiger charge is 2.16. The van der Waals surface area contributed by atoms with Crippen LogP contribution >= 0.6 is 0 Å². The zero-order valence-electron chi connectivity index (χ0n) is 13.5. The van der Waals surface area contributed by atoms with Crippen LogP contribution in [-0.2, 0) is 4.79 Å².